The Hall–Kier alpha value is -2.94. The van der Waals surface area contributed by atoms with Crippen LogP contribution in [-0.2, 0) is 0 Å². The van der Waals surface area contributed by atoms with Crippen molar-refractivity contribution in [1.82, 2.24) is 9.97 Å². The summed E-state index contributed by atoms with van der Waals surface area (Å²) in [6.07, 6.45) is 5.44. The second-order valence-electron chi connectivity index (χ2n) is 8.25. The number of thiophene rings is 1. The Kier molecular flexibility index (Phi) is 7.04. The molecule has 9 heteroatoms. The molecule has 1 aliphatic heterocycles. The molecule has 0 spiro atoms. The van der Waals surface area contributed by atoms with Gasteiger partial charge < -0.3 is 10.2 Å². The highest BCUT2D eigenvalue weighted by Crippen LogP contribution is 2.34. The Morgan fingerprint density at radius 1 is 1.03 bits per heavy atom. The van der Waals surface area contributed by atoms with Crippen LogP contribution in [0.3, 0.4) is 0 Å². The summed E-state index contributed by atoms with van der Waals surface area (Å²) in [7, 11) is 0. The number of amides is 1. The largest absolute Gasteiger partial charge is 0.356 e. The van der Waals surface area contributed by atoms with Gasteiger partial charge in [-0.1, -0.05) is 53.7 Å². The van der Waals surface area contributed by atoms with Crippen LogP contribution in [0.25, 0.3) is 10.2 Å². The Balaban J connectivity index is 1.48. The van der Waals surface area contributed by atoms with Gasteiger partial charge in [0, 0.05) is 29.2 Å². The van der Waals surface area contributed by atoms with Crippen molar-refractivity contribution in [3.63, 3.8) is 0 Å². The van der Waals surface area contributed by atoms with Crippen LogP contribution in [0.2, 0.25) is 5.02 Å². The van der Waals surface area contributed by atoms with E-state index in [9.17, 15) is 9.59 Å². The minimum absolute atomic E-state index is 0.206. The van der Waals surface area contributed by atoms with E-state index in [0.717, 1.165) is 42.0 Å². The number of benzene rings is 2. The number of rotatable bonds is 6. The molecular weight excluding hydrogens is 500 g/mol. The van der Waals surface area contributed by atoms with Gasteiger partial charge in [-0.05, 0) is 49.8 Å². The van der Waals surface area contributed by atoms with Crippen molar-refractivity contribution < 1.29 is 9.59 Å². The van der Waals surface area contributed by atoms with E-state index in [0.29, 0.717) is 31.9 Å². The molecule has 0 aliphatic carbocycles. The fraction of sp³-hybridized carbons (Fsp3) is 0.231. The zero-order valence-electron chi connectivity index (χ0n) is 19.1. The minimum Gasteiger partial charge on any atom is -0.356 e. The van der Waals surface area contributed by atoms with Crippen LogP contribution in [0.4, 0.5) is 11.5 Å². The van der Waals surface area contributed by atoms with Crippen LogP contribution < -0.4 is 10.2 Å². The monoisotopic (exact) mass is 522 g/mol. The summed E-state index contributed by atoms with van der Waals surface area (Å²) < 4.78 is 0. The summed E-state index contributed by atoms with van der Waals surface area (Å²) in [5.74, 6) is 0.385. The van der Waals surface area contributed by atoms with Gasteiger partial charge in [-0.25, -0.2) is 9.97 Å². The van der Waals surface area contributed by atoms with Crippen LogP contribution >= 0.6 is 34.7 Å². The van der Waals surface area contributed by atoms with Crippen molar-refractivity contribution in [3.05, 3.63) is 75.6 Å². The topological polar surface area (TPSA) is 75.2 Å². The van der Waals surface area contributed by atoms with Crippen LogP contribution in [0, 0.1) is 0 Å². The number of ketones is 1. The van der Waals surface area contributed by atoms with Crippen LogP contribution in [0.5, 0.6) is 0 Å². The number of hydrogen-bond donors (Lipinski definition) is 1. The molecule has 2 aromatic carbocycles. The molecule has 0 atom stereocenters. The molecule has 35 heavy (non-hydrogen) atoms. The third-order valence-electron chi connectivity index (χ3n) is 5.92. The van der Waals surface area contributed by atoms with E-state index in [-0.39, 0.29) is 11.7 Å². The molecule has 5 rings (SSSR count). The standard InChI is InChI=1S/C26H23ClN4O2S2/c1-34-26-29-23(31-12-6-3-7-13-31)19-15-21(35-25(19)30-26)24(33)28-20-11-10-17(27)14-18(20)22(32)16-8-4-2-5-9-16/h2,4-5,8-11,14-15H,3,6-7,12-13H2,1H3,(H,28,33). The minimum atomic E-state index is -0.298. The summed E-state index contributed by atoms with van der Waals surface area (Å²) in [6, 6.07) is 15.7. The molecule has 0 saturated carbocycles. The molecule has 6 nitrogen and oxygen atoms in total. The summed E-state index contributed by atoms with van der Waals surface area (Å²) in [5, 5.41) is 4.92. The molecule has 0 radical (unpaired) electrons. The van der Waals surface area contributed by atoms with Crippen molar-refractivity contribution in [1.29, 1.82) is 0 Å². The van der Waals surface area contributed by atoms with E-state index in [1.54, 1.807) is 42.5 Å². The van der Waals surface area contributed by atoms with Crippen molar-refractivity contribution in [2.24, 2.45) is 0 Å². The summed E-state index contributed by atoms with van der Waals surface area (Å²) >= 11 is 9.02. The maximum Gasteiger partial charge on any atom is 0.265 e. The number of hydrogen-bond acceptors (Lipinski definition) is 7. The van der Waals surface area contributed by atoms with Crippen LogP contribution in [0.15, 0.2) is 59.8 Å². The lowest BCUT2D eigenvalue weighted by Crippen LogP contribution is -2.30. The fourth-order valence-electron chi connectivity index (χ4n) is 4.18. The molecule has 1 saturated heterocycles. The number of carbonyl (C=O) groups excluding carboxylic acids is 2. The quantitative estimate of drug-likeness (QED) is 0.176. The van der Waals surface area contributed by atoms with Crippen molar-refractivity contribution in [3.8, 4) is 0 Å². The zero-order valence-corrected chi connectivity index (χ0v) is 21.5. The summed E-state index contributed by atoms with van der Waals surface area (Å²) in [5.41, 5.74) is 1.28. The Labute approximate surface area is 216 Å². The molecule has 1 N–H and O–H groups in total. The van der Waals surface area contributed by atoms with E-state index >= 15 is 0 Å². The maximum atomic E-state index is 13.3. The van der Waals surface area contributed by atoms with Gasteiger partial charge in [-0.2, -0.15) is 0 Å². The van der Waals surface area contributed by atoms with E-state index < -0.39 is 0 Å². The number of halogens is 1. The van der Waals surface area contributed by atoms with Crippen molar-refractivity contribution >= 4 is 68.1 Å². The predicted molar refractivity (Wildman–Crippen MR) is 145 cm³/mol. The van der Waals surface area contributed by atoms with Crippen LogP contribution in [0.1, 0.15) is 44.9 Å². The molecular formula is C26H23ClN4O2S2. The van der Waals surface area contributed by atoms with Crippen molar-refractivity contribution in [2.45, 2.75) is 24.4 Å². The highest BCUT2D eigenvalue weighted by Gasteiger charge is 2.22. The van der Waals surface area contributed by atoms with Gasteiger partial charge in [0.1, 0.15) is 10.6 Å². The molecule has 0 bridgehead atoms. The number of piperidine rings is 1. The maximum absolute atomic E-state index is 13.3. The Bertz CT molecular complexity index is 1400. The van der Waals surface area contributed by atoms with Crippen LogP contribution in [-0.4, -0.2) is 41.0 Å². The predicted octanol–water partition coefficient (Wildman–Crippen LogP) is 6.54. The number of aromatic nitrogens is 2. The van der Waals surface area contributed by atoms with Gasteiger partial charge >= 0.3 is 0 Å². The first kappa shape index (κ1) is 23.8. The van der Waals surface area contributed by atoms with Gasteiger partial charge in [-0.15, -0.1) is 11.3 Å². The number of fused-ring (bicyclic) bond motifs is 1. The second-order valence-corrected chi connectivity index (χ2v) is 10.5. The number of thioether (sulfide) groups is 1. The van der Waals surface area contributed by atoms with Gasteiger partial charge in [0.05, 0.1) is 16.0 Å². The first-order valence-corrected chi connectivity index (χ1v) is 13.8. The Morgan fingerprint density at radius 3 is 2.54 bits per heavy atom. The number of anilines is 2. The average Bonchev–Trinajstić information content (AvgIpc) is 3.34. The van der Waals surface area contributed by atoms with E-state index in [4.69, 9.17) is 16.6 Å². The molecule has 2 aromatic heterocycles. The lowest BCUT2D eigenvalue weighted by Gasteiger charge is -2.28. The third-order valence-corrected chi connectivity index (χ3v) is 7.74. The molecule has 1 aliphatic rings. The number of nitrogens with zero attached hydrogens (tertiary/aromatic N) is 3. The third kappa shape index (κ3) is 5.05. The normalized spacial score (nSPS) is 13.7. The molecule has 4 aromatic rings. The highest BCUT2D eigenvalue weighted by atomic mass is 35.5. The number of nitrogens with one attached hydrogen (secondary N) is 1. The lowest BCUT2D eigenvalue weighted by molar-refractivity contribution is 0.103. The van der Waals surface area contributed by atoms with Gasteiger partial charge in [0.15, 0.2) is 10.9 Å². The van der Waals surface area contributed by atoms with Gasteiger partial charge in [-0.3, -0.25) is 9.59 Å². The van der Waals surface area contributed by atoms with E-state index in [1.165, 1.54) is 29.5 Å². The second kappa shape index (κ2) is 10.4. The fourth-order valence-corrected chi connectivity index (χ4v) is 5.69. The molecule has 1 fully saturated rings. The summed E-state index contributed by atoms with van der Waals surface area (Å²) in [6.45, 7) is 1.90. The summed E-state index contributed by atoms with van der Waals surface area (Å²) in [4.78, 5) is 39.5. The first-order chi connectivity index (χ1) is 17.0. The smallest absolute Gasteiger partial charge is 0.265 e. The van der Waals surface area contributed by atoms with Gasteiger partial charge in [0.25, 0.3) is 5.91 Å². The lowest BCUT2D eigenvalue weighted by atomic mass is 10.0. The van der Waals surface area contributed by atoms with Gasteiger partial charge in [0.2, 0.25) is 0 Å². The van der Waals surface area contributed by atoms with E-state index in [1.807, 2.05) is 18.4 Å². The highest BCUT2D eigenvalue weighted by molar-refractivity contribution is 7.98. The molecule has 0 unspecified atom stereocenters. The number of carbonyl (C=O) groups is 2. The first-order valence-electron chi connectivity index (χ1n) is 11.3. The Morgan fingerprint density at radius 2 is 1.80 bits per heavy atom. The SMILES string of the molecule is CSc1nc(N2CCCCC2)c2cc(C(=O)Nc3ccc(Cl)cc3C(=O)c3ccccc3)sc2n1. The molecule has 3 heterocycles. The molecule has 1 amide bonds. The average molecular weight is 523 g/mol. The zero-order chi connectivity index (χ0) is 24.4. The molecule has 178 valence electrons. The van der Waals surface area contributed by atoms with Crippen molar-refractivity contribution in [2.75, 3.05) is 29.6 Å². The van der Waals surface area contributed by atoms with E-state index in [2.05, 4.69) is 15.2 Å².